The third kappa shape index (κ3) is 3.77. The minimum Gasteiger partial charge on any atom is -0.508 e. The van der Waals surface area contributed by atoms with E-state index >= 15 is 0 Å². The van der Waals surface area contributed by atoms with Crippen LogP contribution in [-0.2, 0) is 16.8 Å². The monoisotopic (exact) mass is 508 g/mol. The minimum atomic E-state index is -0.696. The molecule has 0 amide bonds. The molecule has 6 rings (SSSR count). The Morgan fingerprint density at radius 2 is 1.65 bits per heavy atom. The third-order valence-corrected chi connectivity index (χ3v) is 7.27. The Balaban J connectivity index is 1.42. The summed E-state index contributed by atoms with van der Waals surface area (Å²) in [5.74, 6) is 1.51. The molecular weight excluding hydrogens is 480 g/mol. The van der Waals surface area contributed by atoms with Crippen molar-refractivity contribution >= 4 is 0 Å². The van der Waals surface area contributed by atoms with Crippen LogP contribution in [0.1, 0.15) is 48.3 Å². The van der Waals surface area contributed by atoms with Gasteiger partial charge in [0.25, 0.3) is 0 Å². The van der Waals surface area contributed by atoms with Gasteiger partial charge in [-0.05, 0) is 43.7 Å². The second-order valence-corrected chi connectivity index (χ2v) is 10.0. The Morgan fingerprint density at radius 3 is 2.41 bits per heavy atom. The van der Waals surface area contributed by atoms with Crippen molar-refractivity contribution in [1.82, 2.24) is 0 Å². The van der Waals surface area contributed by atoms with E-state index in [2.05, 4.69) is 0 Å². The molecule has 0 aliphatic carbocycles. The van der Waals surface area contributed by atoms with Gasteiger partial charge in [0, 0.05) is 35.2 Å². The molecule has 3 heterocycles. The molecule has 4 N–H and O–H groups in total. The van der Waals surface area contributed by atoms with E-state index in [4.69, 9.17) is 23.7 Å². The van der Waals surface area contributed by atoms with E-state index < -0.39 is 23.9 Å². The number of methoxy groups -OCH3 is 1. The van der Waals surface area contributed by atoms with Crippen molar-refractivity contribution in [2.75, 3.05) is 13.7 Å². The summed E-state index contributed by atoms with van der Waals surface area (Å²) in [6.45, 7) is 3.63. The Labute approximate surface area is 213 Å². The summed E-state index contributed by atoms with van der Waals surface area (Å²) in [5.41, 5.74) is 2.26. The maximum absolute atomic E-state index is 10.4. The second-order valence-electron chi connectivity index (χ2n) is 10.0. The number of rotatable bonds is 3. The first-order valence-electron chi connectivity index (χ1n) is 12.1. The molecule has 0 saturated heterocycles. The smallest absolute Gasteiger partial charge is 0.163 e. The fraction of sp³-hybridized carbons (Fsp3) is 0.357. The van der Waals surface area contributed by atoms with Crippen molar-refractivity contribution in [2.24, 2.45) is 0 Å². The quantitative estimate of drug-likeness (QED) is 0.415. The Hall–Kier alpha value is -3.82. The Bertz CT molecular complexity index is 1380. The molecule has 4 atom stereocenters. The van der Waals surface area contributed by atoms with Gasteiger partial charge in [-0.3, -0.25) is 0 Å². The van der Waals surface area contributed by atoms with Gasteiger partial charge < -0.3 is 44.1 Å². The molecule has 37 heavy (non-hydrogen) atoms. The summed E-state index contributed by atoms with van der Waals surface area (Å²) in [5, 5.41) is 40.5. The van der Waals surface area contributed by atoms with E-state index in [1.165, 1.54) is 25.3 Å². The van der Waals surface area contributed by atoms with Crippen molar-refractivity contribution < 1.29 is 44.1 Å². The van der Waals surface area contributed by atoms with E-state index in [9.17, 15) is 20.4 Å². The lowest BCUT2D eigenvalue weighted by Crippen LogP contribution is -2.44. The number of hydrogen-bond acceptors (Lipinski definition) is 9. The van der Waals surface area contributed by atoms with E-state index in [0.717, 1.165) is 11.1 Å². The molecule has 0 saturated carbocycles. The summed E-state index contributed by atoms with van der Waals surface area (Å²) >= 11 is 0. The highest BCUT2D eigenvalue weighted by Crippen LogP contribution is 2.53. The first-order valence-corrected chi connectivity index (χ1v) is 12.1. The number of aromatic hydroxyl groups is 3. The zero-order valence-electron chi connectivity index (χ0n) is 20.6. The van der Waals surface area contributed by atoms with E-state index in [1.807, 2.05) is 26.0 Å². The molecular formula is C28H28O9. The predicted molar refractivity (Wildman–Crippen MR) is 131 cm³/mol. The number of ether oxygens (including phenoxy) is 5. The molecule has 0 fully saturated rings. The van der Waals surface area contributed by atoms with Gasteiger partial charge in [0.05, 0.1) is 19.3 Å². The van der Waals surface area contributed by atoms with Crippen molar-refractivity contribution in [3.05, 3.63) is 64.7 Å². The van der Waals surface area contributed by atoms with Gasteiger partial charge in [0.1, 0.15) is 23.4 Å². The fourth-order valence-electron chi connectivity index (χ4n) is 5.50. The number of fused-ring (bicyclic) bond motifs is 5. The maximum Gasteiger partial charge on any atom is 0.163 e. The molecule has 9 heteroatoms. The van der Waals surface area contributed by atoms with Crippen molar-refractivity contribution in [1.29, 1.82) is 0 Å². The van der Waals surface area contributed by atoms with Gasteiger partial charge in [-0.25, -0.2) is 0 Å². The van der Waals surface area contributed by atoms with Crippen LogP contribution in [0, 0.1) is 0 Å². The SMILES string of the molecule is COc1cc(C2Oc3cc4c(cc3OC2CO)C(C)(C)O[C@H]2Cc3c(O)cc(O)cc3O[C@H]42)ccc1O. The zero-order valence-corrected chi connectivity index (χ0v) is 20.6. The number of hydrogen-bond donors (Lipinski definition) is 4. The maximum atomic E-state index is 10.4. The highest BCUT2D eigenvalue weighted by molar-refractivity contribution is 5.56. The number of aliphatic hydroxyl groups is 1. The molecule has 9 nitrogen and oxygen atoms in total. The van der Waals surface area contributed by atoms with Crippen molar-refractivity contribution in [3.8, 4) is 40.2 Å². The molecule has 3 aliphatic heterocycles. The lowest BCUT2D eigenvalue weighted by atomic mass is 9.82. The minimum absolute atomic E-state index is 0.00179. The molecule has 3 aliphatic rings. The summed E-state index contributed by atoms with van der Waals surface area (Å²) < 4.78 is 30.5. The van der Waals surface area contributed by atoms with Crippen LogP contribution in [0.4, 0.5) is 0 Å². The third-order valence-electron chi connectivity index (χ3n) is 7.27. The number of phenolic OH excluding ortho intramolecular Hbond substituents is 3. The largest absolute Gasteiger partial charge is 0.508 e. The van der Waals surface area contributed by atoms with Crippen LogP contribution in [0.2, 0.25) is 0 Å². The molecule has 0 aromatic heterocycles. The summed E-state index contributed by atoms with van der Waals surface area (Å²) in [6.07, 6.45) is -1.82. The second kappa shape index (κ2) is 8.36. The van der Waals surface area contributed by atoms with Crippen LogP contribution >= 0.6 is 0 Å². The highest BCUT2D eigenvalue weighted by atomic mass is 16.6. The van der Waals surface area contributed by atoms with E-state index in [-0.39, 0.29) is 35.7 Å². The number of aliphatic hydroxyl groups excluding tert-OH is 1. The summed E-state index contributed by atoms with van der Waals surface area (Å²) in [4.78, 5) is 0. The van der Waals surface area contributed by atoms with Gasteiger partial charge >= 0.3 is 0 Å². The lowest BCUT2D eigenvalue weighted by molar-refractivity contribution is -0.141. The lowest BCUT2D eigenvalue weighted by Gasteiger charge is -2.46. The molecule has 0 radical (unpaired) electrons. The Morgan fingerprint density at radius 1 is 0.892 bits per heavy atom. The van der Waals surface area contributed by atoms with Gasteiger partial charge in [-0.15, -0.1) is 0 Å². The number of phenols is 3. The summed E-state index contributed by atoms with van der Waals surface area (Å²) in [7, 11) is 1.46. The van der Waals surface area contributed by atoms with E-state index in [1.54, 1.807) is 12.1 Å². The van der Waals surface area contributed by atoms with Gasteiger partial charge in [-0.1, -0.05) is 6.07 Å². The average molecular weight is 509 g/mol. The Kier molecular flexibility index (Phi) is 5.32. The van der Waals surface area contributed by atoms with Crippen LogP contribution in [0.5, 0.6) is 40.2 Å². The molecule has 3 aromatic rings. The average Bonchev–Trinajstić information content (AvgIpc) is 2.86. The summed E-state index contributed by atoms with van der Waals surface area (Å²) in [6, 6.07) is 11.4. The van der Waals surface area contributed by atoms with Gasteiger partial charge in [0.15, 0.2) is 41.3 Å². The molecule has 194 valence electrons. The van der Waals surface area contributed by atoms with Gasteiger partial charge in [0.2, 0.25) is 0 Å². The zero-order chi connectivity index (χ0) is 26.1. The van der Waals surface area contributed by atoms with Crippen LogP contribution < -0.4 is 18.9 Å². The van der Waals surface area contributed by atoms with Crippen LogP contribution in [-0.4, -0.2) is 46.4 Å². The van der Waals surface area contributed by atoms with Crippen LogP contribution in [0.3, 0.4) is 0 Å². The topological polar surface area (TPSA) is 127 Å². The standard InChI is InChI=1S/C28H28O9/c1-28(2)17-11-23-22(36-26(25(12-29)34-23)13-4-5-18(31)21(6-13)33-3)9-15(17)27-24(37-28)10-16-19(32)7-14(30)8-20(16)35-27/h4-9,11,24-27,29-32H,10,12H2,1-3H3/t24-,25?,26?,27+/m0/s1. The molecule has 0 spiro atoms. The van der Waals surface area contributed by atoms with E-state index in [0.29, 0.717) is 34.8 Å². The van der Waals surface area contributed by atoms with Crippen LogP contribution in [0.15, 0.2) is 42.5 Å². The van der Waals surface area contributed by atoms with Crippen molar-refractivity contribution in [3.63, 3.8) is 0 Å². The molecule has 3 aromatic carbocycles. The predicted octanol–water partition coefficient (Wildman–Crippen LogP) is 4.00. The highest BCUT2D eigenvalue weighted by Gasteiger charge is 2.46. The first kappa shape index (κ1) is 23.6. The number of benzene rings is 3. The molecule has 0 bridgehead atoms. The fourth-order valence-corrected chi connectivity index (χ4v) is 5.50. The normalized spacial score (nSPS) is 24.8. The van der Waals surface area contributed by atoms with Crippen molar-refractivity contribution in [2.45, 2.75) is 50.3 Å². The first-order chi connectivity index (χ1) is 17.7. The van der Waals surface area contributed by atoms with Gasteiger partial charge in [-0.2, -0.15) is 0 Å². The molecule has 2 unspecified atom stereocenters. The van der Waals surface area contributed by atoms with Crippen LogP contribution in [0.25, 0.3) is 0 Å².